The van der Waals surface area contributed by atoms with Gasteiger partial charge in [-0.05, 0) is 23.8 Å². The number of aromatic carboxylic acids is 1. The molecule has 0 unspecified atom stereocenters. The molecule has 1 heterocycles. The van der Waals surface area contributed by atoms with Gasteiger partial charge in [-0.15, -0.1) is 11.3 Å². The molecule has 2 rings (SSSR count). The first-order valence-electron chi connectivity index (χ1n) is 4.35. The number of hydrogen-bond acceptors (Lipinski definition) is 2. The van der Waals surface area contributed by atoms with E-state index < -0.39 is 17.6 Å². The smallest absolute Gasteiger partial charge is 0.336 e. The second-order valence-corrected chi connectivity index (χ2v) is 4.04. The molecule has 0 atom stereocenters. The highest BCUT2D eigenvalue weighted by atomic mass is 32.1. The lowest BCUT2D eigenvalue weighted by atomic mass is 10.1. The quantitative estimate of drug-likeness (QED) is 0.873. The van der Waals surface area contributed by atoms with Crippen molar-refractivity contribution in [1.29, 1.82) is 0 Å². The number of hydrogen-bond donors (Lipinski definition) is 1. The van der Waals surface area contributed by atoms with Crippen LogP contribution < -0.4 is 0 Å². The molecule has 2 aromatic rings. The third kappa shape index (κ3) is 1.94. The Morgan fingerprint density at radius 1 is 1.19 bits per heavy atom. The summed E-state index contributed by atoms with van der Waals surface area (Å²) >= 11 is 1.18. The highest BCUT2D eigenvalue weighted by Gasteiger charge is 2.09. The van der Waals surface area contributed by atoms with Crippen molar-refractivity contribution >= 4 is 17.3 Å². The summed E-state index contributed by atoms with van der Waals surface area (Å²) < 4.78 is 25.6. The van der Waals surface area contributed by atoms with E-state index in [4.69, 9.17) is 5.11 Å². The van der Waals surface area contributed by atoms with Crippen LogP contribution in [0.15, 0.2) is 29.6 Å². The fourth-order valence-electron chi connectivity index (χ4n) is 1.25. The van der Waals surface area contributed by atoms with Gasteiger partial charge in [-0.2, -0.15) is 0 Å². The van der Waals surface area contributed by atoms with Gasteiger partial charge in [0.25, 0.3) is 0 Å². The van der Waals surface area contributed by atoms with Crippen LogP contribution in [0.1, 0.15) is 10.4 Å². The van der Waals surface area contributed by atoms with E-state index in [1.165, 1.54) is 28.8 Å². The van der Waals surface area contributed by atoms with Crippen molar-refractivity contribution in [3.8, 4) is 10.4 Å². The predicted molar refractivity (Wildman–Crippen MR) is 56.6 cm³/mol. The Hall–Kier alpha value is -1.75. The third-order valence-electron chi connectivity index (χ3n) is 2.05. The molecule has 0 amide bonds. The minimum atomic E-state index is -1.04. The molecule has 2 nitrogen and oxygen atoms in total. The fraction of sp³-hybridized carbons (Fsp3) is 0. The number of carbonyl (C=O) groups is 1. The van der Waals surface area contributed by atoms with Crippen molar-refractivity contribution in [1.82, 2.24) is 0 Å². The number of carboxylic acids is 1. The van der Waals surface area contributed by atoms with E-state index in [1.807, 2.05) is 0 Å². The summed E-state index contributed by atoms with van der Waals surface area (Å²) in [6.07, 6.45) is 0. The zero-order chi connectivity index (χ0) is 11.7. The average Bonchev–Trinajstić information content (AvgIpc) is 2.71. The van der Waals surface area contributed by atoms with E-state index in [0.717, 1.165) is 12.1 Å². The Balaban J connectivity index is 2.42. The second kappa shape index (κ2) is 4.02. The Labute approximate surface area is 93.8 Å². The number of thiophene rings is 1. The van der Waals surface area contributed by atoms with Crippen LogP contribution in [0.4, 0.5) is 8.78 Å². The monoisotopic (exact) mass is 240 g/mol. The lowest BCUT2D eigenvalue weighted by molar-refractivity contribution is 0.0697. The molecule has 0 radical (unpaired) electrons. The van der Waals surface area contributed by atoms with Gasteiger partial charge in [-0.25, -0.2) is 13.6 Å². The van der Waals surface area contributed by atoms with E-state index >= 15 is 0 Å². The highest BCUT2D eigenvalue weighted by Crippen LogP contribution is 2.28. The van der Waals surface area contributed by atoms with Gasteiger partial charge in [-0.1, -0.05) is 6.07 Å². The van der Waals surface area contributed by atoms with Gasteiger partial charge < -0.3 is 5.11 Å². The molecule has 0 bridgehead atoms. The summed E-state index contributed by atoms with van der Waals surface area (Å²) in [6, 6.07) is 4.91. The molecular formula is C11H6F2O2S. The van der Waals surface area contributed by atoms with Crippen molar-refractivity contribution in [2.75, 3.05) is 0 Å². The van der Waals surface area contributed by atoms with Crippen molar-refractivity contribution in [2.45, 2.75) is 0 Å². The van der Waals surface area contributed by atoms with Crippen molar-refractivity contribution < 1.29 is 18.7 Å². The normalized spacial score (nSPS) is 10.4. The summed E-state index contributed by atoms with van der Waals surface area (Å²) in [5.74, 6) is -2.90. The van der Waals surface area contributed by atoms with E-state index in [9.17, 15) is 13.6 Å². The zero-order valence-corrected chi connectivity index (χ0v) is 8.72. The molecule has 1 N–H and O–H groups in total. The summed E-state index contributed by atoms with van der Waals surface area (Å²) in [5, 5.41) is 10.2. The maximum absolute atomic E-state index is 12.9. The van der Waals surface area contributed by atoms with Gasteiger partial charge in [0, 0.05) is 10.3 Å². The minimum Gasteiger partial charge on any atom is -0.478 e. The molecule has 0 saturated carbocycles. The van der Waals surface area contributed by atoms with Gasteiger partial charge in [0.15, 0.2) is 11.6 Å². The Bertz CT molecular complexity index is 549. The maximum Gasteiger partial charge on any atom is 0.336 e. The minimum absolute atomic E-state index is 0.143. The molecular weight excluding hydrogens is 234 g/mol. The molecule has 0 saturated heterocycles. The molecule has 0 aliphatic carbocycles. The van der Waals surface area contributed by atoms with Crippen LogP contribution >= 0.6 is 11.3 Å². The first-order chi connectivity index (χ1) is 7.58. The predicted octanol–water partition coefficient (Wildman–Crippen LogP) is 3.39. The number of halogens is 2. The molecule has 0 aliphatic rings. The first kappa shape index (κ1) is 10.8. The number of rotatable bonds is 2. The summed E-state index contributed by atoms with van der Waals surface area (Å²) in [5.41, 5.74) is 0.612. The third-order valence-corrected chi connectivity index (χ3v) is 3.03. The van der Waals surface area contributed by atoms with E-state index in [-0.39, 0.29) is 5.56 Å². The second-order valence-electron chi connectivity index (χ2n) is 3.13. The molecule has 5 heteroatoms. The largest absolute Gasteiger partial charge is 0.478 e. The summed E-state index contributed by atoms with van der Waals surface area (Å²) in [6.45, 7) is 0. The van der Waals surface area contributed by atoms with Gasteiger partial charge in [0.1, 0.15) is 0 Å². The Morgan fingerprint density at radius 3 is 2.50 bits per heavy atom. The van der Waals surface area contributed by atoms with E-state index in [1.54, 1.807) is 0 Å². The first-order valence-corrected chi connectivity index (χ1v) is 5.23. The van der Waals surface area contributed by atoms with Crippen molar-refractivity contribution in [3.05, 3.63) is 46.8 Å². The molecule has 0 aliphatic heterocycles. The van der Waals surface area contributed by atoms with Gasteiger partial charge >= 0.3 is 5.97 Å². The number of carboxylic acid groups (broad SMARTS) is 1. The van der Waals surface area contributed by atoms with Gasteiger partial charge in [0.05, 0.1) is 5.56 Å². The molecule has 1 aromatic heterocycles. The van der Waals surface area contributed by atoms with Crippen molar-refractivity contribution in [3.63, 3.8) is 0 Å². The lowest BCUT2D eigenvalue weighted by Gasteiger charge is -1.97. The van der Waals surface area contributed by atoms with Crippen LogP contribution in [-0.2, 0) is 0 Å². The molecule has 82 valence electrons. The van der Waals surface area contributed by atoms with Crippen LogP contribution in [0.5, 0.6) is 0 Å². The van der Waals surface area contributed by atoms with Crippen LogP contribution in [0, 0.1) is 11.6 Å². The molecule has 0 fully saturated rings. The summed E-state index contributed by atoms with van der Waals surface area (Å²) in [7, 11) is 0. The van der Waals surface area contributed by atoms with Crippen molar-refractivity contribution in [2.24, 2.45) is 0 Å². The number of benzene rings is 1. The van der Waals surface area contributed by atoms with E-state index in [2.05, 4.69) is 0 Å². The maximum atomic E-state index is 12.9. The lowest BCUT2D eigenvalue weighted by Crippen LogP contribution is -1.91. The standard InChI is InChI=1S/C11H6F2O2S/c12-8-2-1-6(3-9(8)13)10-4-7(5-16-10)11(14)15/h1-5H,(H,14,15). The molecule has 1 aromatic carbocycles. The zero-order valence-electron chi connectivity index (χ0n) is 7.91. The Morgan fingerprint density at radius 2 is 1.94 bits per heavy atom. The van der Waals surface area contributed by atoms with Crippen LogP contribution in [0.2, 0.25) is 0 Å². The highest BCUT2D eigenvalue weighted by molar-refractivity contribution is 7.13. The van der Waals surface area contributed by atoms with E-state index in [0.29, 0.717) is 10.4 Å². The SMILES string of the molecule is O=C(O)c1csc(-c2ccc(F)c(F)c2)c1. The van der Waals surface area contributed by atoms with Gasteiger partial charge in [0.2, 0.25) is 0 Å². The molecule has 0 spiro atoms. The van der Waals surface area contributed by atoms with Gasteiger partial charge in [-0.3, -0.25) is 0 Å². The topological polar surface area (TPSA) is 37.3 Å². The summed E-state index contributed by atoms with van der Waals surface area (Å²) in [4.78, 5) is 11.2. The Kier molecular flexibility index (Phi) is 2.70. The molecule has 16 heavy (non-hydrogen) atoms. The van der Waals surface area contributed by atoms with Crippen LogP contribution in [-0.4, -0.2) is 11.1 Å². The van der Waals surface area contributed by atoms with Crippen LogP contribution in [0.3, 0.4) is 0 Å². The average molecular weight is 240 g/mol. The van der Waals surface area contributed by atoms with Crippen LogP contribution in [0.25, 0.3) is 10.4 Å². The fourth-order valence-corrected chi connectivity index (χ4v) is 2.13.